The highest BCUT2D eigenvalue weighted by molar-refractivity contribution is 7.98. The van der Waals surface area contributed by atoms with Crippen LogP contribution in [0.1, 0.15) is 13.3 Å². The Morgan fingerprint density at radius 3 is 2.63 bits per heavy atom. The minimum absolute atomic E-state index is 0.0803. The van der Waals surface area contributed by atoms with E-state index in [1.165, 1.54) is 19.2 Å². The summed E-state index contributed by atoms with van der Waals surface area (Å²) in [6.45, 7) is 1.95. The predicted octanol–water partition coefficient (Wildman–Crippen LogP) is 1.70. The number of sulfonamides is 1. The van der Waals surface area contributed by atoms with Gasteiger partial charge in [0.05, 0.1) is 17.7 Å². The molecule has 1 rings (SSSR count). The highest BCUT2D eigenvalue weighted by Gasteiger charge is 2.19. The van der Waals surface area contributed by atoms with Gasteiger partial charge in [0, 0.05) is 11.8 Å². The molecule has 0 fully saturated rings. The molecule has 0 amide bonds. The largest absolute Gasteiger partial charge is 0.495 e. The quantitative estimate of drug-likeness (QED) is 0.749. The van der Waals surface area contributed by atoms with Crippen molar-refractivity contribution < 1.29 is 13.2 Å². The third-order valence-corrected chi connectivity index (χ3v) is 4.95. The molecular weight excluding hydrogens is 284 g/mol. The third kappa shape index (κ3) is 4.29. The van der Waals surface area contributed by atoms with Crippen LogP contribution in [-0.2, 0) is 10.0 Å². The molecule has 0 saturated heterocycles. The van der Waals surface area contributed by atoms with Gasteiger partial charge in [0.2, 0.25) is 10.0 Å². The van der Waals surface area contributed by atoms with Crippen molar-refractivity contribution >= 4 is 27.5 Å². The van der Waals surface area contributed by atoms with Gasteiger partial charge in [-0.1, -0.05) is 6.92 Å². The maximum absolute atomic E-state index is 12.2. The number of hydrogen-bond acceptors (Lipinski definition) is 5. The molecule has 0 saturated carbocycles. The maximum atomic E-state index is 12.2. The first-order valence-electron chi connectivity index (χ1n) is 5.89. The van der Waals surface area contributed by atoms with Gasteiger partial charge in [0.1, 0.15) is 5.75 Å². The fraction of sp³-hybridized carbons (Fsp3) is 0.500. The van der Waals surface area contributed by atoms with Crippen molar-refractivity contribution in [1.29, 1.82) is 0 Å². The minimum atomic E-state index is -3.54. The van der Waals surface area contributed by atoms with Gasteiger partial charge in [-0.2, -0.15) is 11.8 Å². The van der Waals surface area contributed by atoms with Crippen molar-refractivity contribution in [2.24, 2.45) is 0 Å². The Balaban J connectivity index is 2.96. The molecule has 5 nitrogen and oxygen atoms in total. The van der Waals surface area contributed by atoms with Gasteiger partial charge >= 0.3 is 0 Å². The number of methoxy groups -OCH3 is 1. The van der Waals surface area contributed by atoms with Gasteiger partial charge in [0.25, 0.3) is 0 Å². The number of anilines is 1. The summed E-state index contributed by atoms with van der Waals surface area (Å²) in [5.74, 6) is 1.21. The molecular formula is C12H20N2O3S2. The van der Waals surface area contributed by atoms with E-state index in [9.17, 15) is 8.42 Å². The van der Waals surface area contributed by atoms with E-state index in [2.05, 4.69) is 4.72 Å². The molecule has 7 heteroatoms. The van der Waals surface area contributed by atoms with Crippen molar-refractivity contribution in [2.75, 3.05) is 24.9 Å². The molecule has 108 valence electrons. The first kappa shape index (κ1) is 16.1. The lowest BCUT2D eigenvalue weighted by Gasteiger charge is -2.16. The van der Waals surface area contributed by atoms with E-state index in [1.54, 1.807) is 17.8 Å². The van der Waals surface area contributed by atoms with Gasteiger partial charge in [0.15, 0.2) is 0 Å². The van der Waals surface area contributed by atoms with Gasteiger partial charge < -0.3 is 10.5 Å². The van der Waals surface area contributed by atoms with Crippen molar-refractivity contribution in [2.45, 2.75) is 24.3 Å². The summed E-state index contributed by atoms with van der Waals surface area (Å²) < 4.78 is 32.1. The van der Waals surface area contributed by atoms with Gasteiger partial charge in [-0.3, -0.25) is 0 Å². The molecule has 1 aromatic carbocycles. The zero-order valence-corrected chi connectivity index (χ0v) is 13.0. The summed E-state index contributed by atoms with van der Waals surface area (Å²) in [4.78, 5) is 0.158. The minimum Gasteiger partial charge on any atom is -0.495 e. The highest BCUT2D eigenvalue weighted by Crippen LogP contribution is 2.24. The van der Waals surface area contributed by atoms with E-state index in [1.807, 2.05) is 13.2 Å². The Bertz CT molecular complexity index is 518. The van der Waals surface area contributed by atoms with Crippen LogP contribution in [0.2, 0.25) is 0 Å². The van der Waals surface area contributed by atoms with Crippen LogP contribution in [0.15, 0.2) is 23.1 Å². The predicted molar refractivity (Wildman–Crippen MR) is 80.2 cm³/mol. The number of nitrogen functional groups attached to an aromatic ring is 1. The summed E-state index contributed by atoms with van der Waals surface area (Å²) in [6.07, 6.45) is 2.69. The second-order valence-corrected chi connectivity index (χ2v) is 6.71. The van der Waals surface area contributed by atoms with Crippen LogP contribution in [0.5, 0.6) is 5.75 Å². The van der Waals surface area contributed by atoms with Crippen molar-refractivity contribution in [3.8, 4) is 5.75 Å². The molecule has 0 aliphatic heterocycles. The lowest BCUT2D eigenvalue weighted by molar-refractivity contribution is 0.416. The topological polar surface area (TPSA) is 81.4 Å². The van der Waals surface area contributed by atoms with E-state index < -0.39 is 10.0 Å². The van der Waals surface area contributed by atoms with E-state index in [0.717, 1.165) is 12.2 Å². The molecule has 0 radical (unpaired) electrons. The van der Waals surface area contributed by atoms with Crippen LogP contribution in [0, 0.1) is 0 Å². The normalized spacial score (nSPS) is 13.2. The summed E-state index contributed by atoms with van der Waals surface area (Å²) in [7, 11) is -2.05. The van der Waals surface area contributed by atoms with Crippen LogP contribution in [0.25, 0.3) is 0 Å². The molecule has 0 aromatic heterocycles. The SMILES string of the molecule is CCC(CSC)NS(=O)(=O)c1ccc(OC)c(N)c1. The molecule has 1 atom stereocenters. The van der Waals surface area contributed by atoms with Crippen molar-refractivity contribution in [3.05, 3.63) is 18.2 Å². The van der Waals surface area contributed by atoms with Gasteiger partial charge in [-0.15, -0.1) is 0 Å². The van der Waals surface area contributed by atoms with E-state index >= 15 is 0 Å². The van der Waals surface area contributed by atoms with Crippen LogP contribution >= 0.6 is 11.8 Å². The Morgan fingerprint density at radius 1 is 1.47 bits per heavy atom. The number of nitrogens with one attached hydrogen (secondary N) is 1. The number of hydrogen-bond donors (Lipinski definition) is 2. The Morgan fingerprint density at radius 2 is 2.16 bits per heavy atom. The van der Waals surface area contributed by atoms with Crippen LogP contribution < -0.4 is 15.2 Å². The number of thioether (sulfide) groups is 1. The first-order chi connectivity index (χ1) is 8.94. The van der Waals surface area contributed by atoms with Crippen LogP contribution in [-0.4, -0.2) is 33.6 Å². The number of nitrogens with two attached hydrogens (primary N) is 1. The van der Waals surface area contributed by atoms with E-state index in [4.69, 9.17) is 10.5 Å². The van der Waals surface area contributed by atoms with Crippen LogP contribution in [0.3, 0.4) is 0 Å². The standard InChI is InChI=1S/C12H20N2O3S2/c1-4-9(8-18-3)14-19(15,16)10-5-6-12(17-2)11(13)7-10/h5-7,9,14H,4,8,13H2,1-3H3. The van der Waals surface area contributed by atoms with E-state index in [-0.39, 0.29) is 10.9 Å². The highest BCUT2D eigenvalue weighted by atomic mass is 32.2. The zero-order chi connectivity index (χ0) is 14.5. The molecule has 0 spiro atoms. The molecule has 1 unspecified atom stereocenters. The number of rotatable bonds is 7. The van der Waals surface area contributed by atoms with Crippen molar-refractivity contribution in [3.63, 3.8) is 0 Å². The molecule has 0 aliphatic carbocycles. The number of benzene rings is 1. The summed E-state index contributed by atoms with van der Waals surface area (Å²) in [6, 6.07) is 4.37. The lowest BCUT2D eigenvalue weighted by Crippen LogP contribution is -2.36. The third-order valence-electron chi connectivity index (χ3n) is 2.69. The molecule has 0 aliphatic rings. The maximum Gasteiger partial charge on any atom is 0.240 e. The lowest BCUT2D eigenvalue weighted by atomic mass is 10.3. The molecule has 1 aromatic rings. The first-order valence-corrected chi connectivity index (χ1v) is 8.77. The smallest absolute Gasteiger partial charge is 0.240 e. The Hall–Kier alpha value is -0.920. The molecule has 3 N–H and O–H groups in total. The Kier molecular flexibility index (Phi) is 5.96. The molecule has 19 heavy (non-hydrogen) atoms. The molecule has 0 bridgehead atoms. The summed E-state index contributed by atoms with van der Waals surface area (Å²) in [5, 5.41) is 0. The second-order valence-electron chi connectivity index (χ2n) is 4.09. The molecule has 0 heterocycles. The average Bonchev–Trinajstić information content (AvgIpc) is 2.37. The van der Waals surface area contributed by atoms with Crippen LogP contribution in [0.4, 0.5) is 5.69 Å². The second kappa shape index (κ2) is 7.02. The fourth-order valence-electron chi connectivity index (χ4n) is 1.60. The zero-order valence-electron chi connectivity index (χ0n) is 11.3. The Labute approximate surface area is 119 Å². The van der Waals surface area contributed by atoms with Crippen molar-refractivity contribution in [1.82, 2.24) is 4.72 Å². The summed E-state index contributed by atoms with van der Waals surface area (Å²) in [5.41, 5.74) is 6.04. The van der Waals surface area contributed by atoms with Gasteiger partial charge in [-0.25, -0.2) is 13.1 Å². The average molecular weight is 304 g/mol. The fourth-order valence-corrected chi connectivity index (χ4v) is 3.78. The summed E-state index contributed by atoms with van der Waals surface area (Å²) >= 11 is 1.61. The van der Waals surface area contributed by atoms with Gasteiger partial charge in [-0.05, 0) is 30.9 Å². The number of ether oxygens (including phenoxy) is 1. The monoisotopic (exact) mass is 304 g/mol. The van der Waals surface area contributed by atoms with E-state index in [0.29, 0.717) is 11.4 Å².